The number of hydrogen-bond acceptors (Lipinski definition) is 0. The van der Waals surface area contributed by atoms with Gasteiger partial charge in [-0.05, 0) is 0 Å². The molecule has 0 aliphatic rings. The Morgan fingerprint density at radius 1 is 0.929 bits per heavy atom. The molecule has 0 aliphatic carbocycles. The van der Waals surface area contributed by atoms with Crippen molar-refractivity contribution in [3.63, 3.8) is 0 Å². The summed E-state index contributed by atoms with van der Waals surface area (Å²) in [5, 5.41) is 0. The monoisotopic (exact) mass is 178 g/mol. The van der Waals surface area contributed by atoms with Crippen molar-refractivity contribution < 1.29 is 0 Å². The zero-order chi connectivity index (χ0) is 9.97. The van der Waals surface area contributed by atoms with E-state index in [1.54, 1.807) is 0 Å². The molecule has 2 rings (SSSR count). The standard InChI is InChI=1S/C12H12B2/c1-9-6-7-11(8-13-9)12-5-3-4-10(2)14-12/h3-8H,1-2H3. The van der Waals surface area contributed by atoms with Gasteiger partial charge in [-0.1, -0.05) is 0 Å². The Hall–Kier alpha value is -1.17. The van der Waals surface area contributed by atoms with Crippen LogP contribution in [-0.2, 0) is 0 Å². The molecular formula is C12H12B2. The zero-order valence-electron chi connectivity index (χ0n) is 8.62. The van der Waals surface area contributed by atoms with E-state index in [-0.39, 0.29) is 0 Å². The van der Waals surface area contributed by atoms with Gasteiger partial charge in [0.25, 0.3) is 0 Å². The average molecular weight is 178 g/mol. The molecule has 0 bridgehead atoms. The van der Waals surface area contributed by atoms with Crippen molar-refractivity contribution >= 4 is 13.8 Å². The molecule has 2 heterocycles. The minimum absolute atomic E-state index is 1.29. The molecule has 0 unspecified atom stereocenters. The summed E-state index contributed by atoms with van der Waals surface area (Å²) in [6.07, 6.45) is 0. The summed E-state index contributed by atoms with van der Waals surface area (Å²) < 4.78 is 0. The van der Waals surface area contributed by atoms with Crippen LogP contribution in [-0.4, -0.2) is 13.8 Å². The molecule has 0 aromatic carbocycles. The fourth-order valence-corrected chi connectivity index (χ4v) is 1.57. The van der Waals surface area contributed by atoms with Gasteiger partial charge < -0.3 is 0 Å². The topological polar surface area (TPSA) is 0 Å². The second-order valence-corrected chi connectivity index (χ2v) is 3.74. The quantitative estimate of drug-likeness (QED) is 0.629. The predicted molar refractivity (Wildman–Crippen MR) is 64.0 cm³/mol. The van der Waals surface area contributed by atoms with Crippen LogP contribution < -0.4 is 0 Å². The van der Waals surface area contributed by atoms with Gasteiger partial charge in [-0.25, -0.2) is 0 Å². The molecule has 2 aromatic rings. The molecule has 0 fully saturated rings. The summed E-state index contributed by atoms with van der Waals surface area (Å²) in [5.41, 5.74) is 5.20. The summed E-state index contributed by atoms with van der Waals surface area (Å²) in [5.74, 6) is 2.17. The van der Waals surface area contributed by atoms with E-state index in [0.717, 1.165) is 0 Å². The Morgan fingerprint density at radius 3 is 2.43 bits per heavy atom. The van der Waals surface area contributed by atoms with Crippen LogP contribution in [0.5, 0.6) is 0 Å². The number of rotatable bonds is 1. The van der Waals surface area contributed by atoms with E-state index in [0.29, 0.717) is 0 Å². The third-order valence-electron chi connectivity index (χ3n) is 2.40. The van der Waals surface area contributed by atoms with E-state index in [4.69, 9.17) is 0 Å². The van der Waals surface area contributed by atoms with Crippen LogP contribution in [0.4, 0.5) is 0 Å². The van der Waals surface area contributed by atoms with Crippen molar-refractivity contribution in [2.24, 2.45) is 0 Å². The van der Waals surface area contributed by atoms with Gasteiger partial charge in [0, 0.05) is 0 Å². The van der Waals surface area contributed by atoms with Crippen molar-refractivity contribution in [3.8, 4) is 11.0 Å². The summed E-state index contributed by atoms with van der Waals surface area (Å²) in [6.45, 7) is 8.60. The first-order valence-corrected chi connectivity index (χ1v) is 4.89. The Labute approximate surface area is 86.4 Å². The molecule has 14 heavy (non-hydrogen) atoms. The Kier molecular flexibility index (Phi) is 2.62. The van der Waals surface area contributed by atoms with E-state index >= 15 is 0 Å². The van der Waals surface area contributed by atoms with Crippen LogP contribution in [0.25, 0.3) is 11.0 Å². The molecule has 2 heteroatoms. The average Bonchev–Trinajstić information content (AvgIpc) is 2.19. The Balaban J connectivity index is 2.44. The van der Waals surface area contributed by atoms with Crippen LogP contribution in [0.3, 0.4) is 0 Å². The second-order valence-electron chi connectivity index (χ2n) is 3.74. The molecule has 0 saturated carbocycles. The number of hydrogen-bond donors (Lipinski definition) is 0. The van der Waals surface area contributed by atoms with Gasteiger partial charge in [-0.15, -0.1) is 0 Å². The van der Waals surface area contributed by atoms with Crippen LogP contribution in [0, 0.1) is 13.8 Å². The van der Waals surface area contributed by atoms with Gasteiger partial charge in [0.05, 0.1) is 0 Å². The summed E-state index contributed by atoms with van der Waals surface area (Å²) in [4.78, 5) is 0. The van der Waals surface area contributed by atoms with Gasteiger partial charge in [0.2, 0.25) is 0 Å². The van der Waals surface area contributed by atoms with Crippen molar-refractivity contribution in [3.05, 3.63) is 47.2 Å². The summed E-state index contributed by atoms with van der Waals surface area (Å²) in [6, 6.07) is 10.7. The first kappa shape index (κ1) is 9.39. The SMILES string of the molecule is Cc1bc(-c2cbc(C)cc2)ccc1. The van der Waals surface area contributed by atoms with E-state index in [2.05, 4.69) is 64.0 Å². The molecule has 0 atom stereocenters. The van der Waals surface area contributed by atoms with E-state index in [1.807, 2.05) is 0 Å². The first-order chi connectivity index (χ1) is 6.75. The predicted octanol–water partition coefficient (Wildman–Crippen LogP) is 2.65. The van der Waals surface area contributed by atoms with Gasteiger partial charge in [-0.3, -0.25) is 0 Å². The third kappa shape index (κ3) is 2.01. The zero-order valence-corrected chi connectivity index (χ0v) is 8.62. The molecule has 0 nitrogen and oxygen atoms in total. The fourth-order valence-electron chi connectivity index (χ4n) is 1.57. The summed E-state index contributed by atoms with van der Waals surface area (Å²) in [7, 11) is 0. The molecule has 0 aliphatic heterocycles. The molecule has 0 radical (unpaired) electrons. The number of aryl methyl sites for hydroxylation is 2. The molecule has 0 saturated heterocycles. The second kappa shape index (κ2) is 3.91. The van der Waals surface area contributed by atoms with Crippen LogP contribution in [0.2, 0.25) is 0 Å². The van der Waals surface area contributed by atoms with Crippen LogP contribution in [0.15, 0.2) is 36.3 Å². The maximum absolute atomic E-state index is 2.21. The van der Waals surface area contributed by atoms with Crippen LogP contribution >= 0.6 is 0 Å². The van der Waals surface area contributed by atoms with Crippen molar-refractivity contribution in [2.75, 3.05) is 0 Å². The van der Waals surface area contributed by atoms with Crippen LogP contribution in [0.1, 0.15) is 10.9 Å². The Morgan fingerprint density at radius 2 is 1.79 bits per heavy atom. The van der Waals surface area contributed by atoms with E-state index in [9.17, 15) is 0 Å². The fraction of sp³-hybridized carbons (Fsp3) is 0.167. The van der Waals surface area contributed by atoms with Crippen molar-refractivity contribution in [1.82, 2.24) is 0 Å². The van der Waals surface area contributed by atoms with Crippen molar-refractivity contribution in [2.45, 2.75) is 13.8 Å². The molecule has 2 aromatic heterocycles. The first-order valence-electron chi connectivity index (χ1n) is 4.89. The normalized spacial score (nSPS) is 9.57. The van der Waals surface area contributed by atoms with Gasteiger partial charge in [0.1, 0.15) is 0 Å². The molecule has 0 spiro atoms. The van der Waals surface area contributed by atoms with Crippen molar-refractivity contribution in [1.29, 1.82) is 0 Å². The third-order valence-corrected chi connectivity index (χ3v) is 2.40. The van der Waals surface area contributed by atoms with E-state index < -0.39 is 0 Å². The minimum atomic E-state index is 1.29. The molecular weight excluding hydrogens is 166 g/mol. The Bertz CT molecular complexity index is 432. The molecule has 66 valence electrons. The van der Waals surface area contributed by atoms with Gasteiger partial charge in [0.15, 0.2) is 0 Å². The van der Waals surface area contributed by atoms with Gasteiger partial charge in [-0.2, -0.15) is 0 Å². The van der Waals surface area contributed by atoms with E-state index in [1.165, 1.54) is 21.9 Å². The molecule has 0 N–H and O–H groups in total. The van der Waals surface area contributed by atoms with Gasteiger partial charge >= 0.3 is 85.9 Å². The maximum atomic E-state index is 2.21. The summed E-state index contributed by atoms with van der Waals surface area (Å²) >= 11 is 0. The molecule has 0 amide bonds.